The Morgan fingerprint density at radius 1 is 1.29 bits per heavy atom. The summed E-state index contributed by atoms with van der Waals surface area (Å²) in [5, 5.41) is 9.54. The Balaban J connectivity index is 1.86. The summed E-state index contributed by atoms with van der Waals surface area (Å²) in [5.74, 6) is -1.17. The van der Waals surface area contributed by atoms with E-state index in [0.717, 1.165) is 11.4 Å². The van der Waals surface area contributed by atoms with Gasteiger partial charge in [-0.25, -0.2) is 4.39 Å². The van der Waals surface area contributed by atoms with E-state index in [4.69, 9.17) is 4.74 Å². The average Bonchev–Trinajstić information content (AvgIpc) is 2.62. The quantitative estimate of drug-likeness (QED) is 0.934. The Morgan fingerprint density at radius 3 is 2.62 bits per heavy atom. The number of methoxy groups -OCH3 is 1. The maximum atomic E-state index is 13.1. The lowest BCUT2D eigenvalue weighted by atomic mass is 9.82. The Bertz CT molecular complexity index is 703. The number of hydrogen-bond acceptors (Lipinski definition) is 4. The second-order valence-corrected chi connectivity index (χ2v) is 5.89. The Kier molecular flexibility index (Phi) is 4.64. The number of rotatable bonds is 4. The van der Waals surface area contributed by atoms with Crippen molar-refractivity contribution in [1.82, 2.24) is 4.98 Å². The summed E-state index contributed by atoms with van der Waals surface area (Å²) >= 11 is 0. The van der Waals surface area contributed by atoms with E-state index < -0.39 is 11.9 Å². The third-order valence-electron chi connectivity index (χ3n) is 4.50. The number of hydrogen-bond donors (Lipinski definition) is 1. The molecule has 0 amide bonds. The van der Waals surface area contributed by atoms with Crippen LogP contribution in [0.3, 0.4) is 0 Å². The van der Waals surface area contributed by atoms with Crippen molar-refractivity contribution in [2.75, 3.05) is 25.1 Å². The van der Waals surface area contributed by atoms with Gasteiger partial charge in [0, 0.05) is 30.4 Å². The van der Waals surface area contributed by atoms with Gasteiger partial charge < -0.3 is 14.7 Å². The van der Waals surface area contributed by atoms with E-state index in [1.54, 1.807) is 31.5 Å². The first-order chi connectivity index (χ1) is 11.6. The van der Waals surface area contributed by atoms with Gasteiger partial charge >= 0.3 is 5.97 Å². The lowest BCUT2D eigenvalue weighted by Gasteiger charge is -2.37. The van der Waals surface area contributed by atoms with Crippen LogP contribution in [0.25, 0.3) is 0 Å². The van der Waals surface area contributed by atoms with Gasteiger partial charge in [0.2, 0.25) is 0 Å². The topological polar surface area (TPSA) is 62.7 Å². The van der Waals surface area contributed by atoms with E-state index >= 15 is 0 Å². The molecule has 3 rings (SSSR count). The van der Waals surface area contributed by atoms with E-state index in [1.165, 1.54) is 12.1 Å². The smallest absolute Gasteiger partial charge is 0.307 e. The maximum Gasteiger partial charge on any atom is 0.307 e. The molecule has 1 aromatic carbocycles. The summed E-state index contributed by atoms with van der Waals surface area (Å²) in [5.41, 5.74) is 1.62. The number of aromatic nitrogens is 1. The summed E-state index contributed by atoms with van der Waals surface area (Å²) < 4.78 is 18.2. The fraction of sp³-hybridized carbons (Fsp3) is 0.333. The molecular formula is C18H19FN2O3. The second kappa shape index (κ2) is 6.86. The van der Waals surface area contributed by atoms with Crippen molar-refractivity contribution in [1.29, 1.82) is 0 Å². The molecule has 1 aromatic heterocycles. The zero-order valence-electron chi connectivity index (χ0n) is 13.4. The SMILES string of the molecule is COc1ccc([C@@H]2CN(c3ccc(F)cc3)CC[C@H]2C(=O)O)nc1. The number of halogens is 1. The Hall–Kier alpha value is -2.63. The highest BCUT2D eigenvalue weighted by molar-refractivity contribution is 5.72. The van der Waals surface area contributed by atoms with E-state index in [9.17, 15) is 14.3 Å². The summed E-state index contributed by atoms with van der Waals surface area (Å²) in [4.78, 5) is 18.1. The zero-order chi connectivity index (χ0) is 17.1. The second-order valence-electron chi connectivity index (χ2n) is 5.89. The fourth-order valence-electron chi connectivity index (χ4n) is 3.17. The highest BCUT2D eigenvalue weighted by atomic mass is 19.1. The van der Waals surface area contributed by atoms with Crippen molar-refractivity contribution in [3.05, 3.63) is 54.1 Å². The molecule has 2 heterocycles. The van der Waals surface area contributed by atoms with Crippen molar-refractivity contribution in [2.24, 2.45) is 5.92 Å². The predicted octanol–water partition coefficient (Wildman–Crippen LogP) is 2.92. The molecule has 0 aliphatic carbocycles. The minimum Gasteiger partial charge on any atom is -0.495 e. The van der Waals surface area contributed by atoms with E-state index in [2.05, 4.69) is 9.88 Å². The van der Waals surface area contributed by atoms with Crippen LogP contribution in [-0.4, -0.2) is 36.3 Å². The van der Waals surface area contributed by atoms with Crippen molar-refractivity contribution in [3.8, 4) is 5.75 Å². The van der Waals surface area contributed by atoms with Crippen LogP contribution in [-0.2, 0) is 4.79 Å². The largest absolute Gasteiger partial charge is 0.495 e. The number of carboxylic acids is 1. The van der Waals surface area contributed by atoms with Gasteiger partial charge in [-0.1, -0.05) is 0 Å². The predicted molar refractivity (Wildman–Crippen MR) is 87.9 cm³/mol. The van der Waals surface area contributed by atoms with Crippen LogP contribution < -0.4 is 9.64 Å². The van der Waals surface area contributed by atoms with E-state index in [0.29, 0.717) is 25.3 Å². The van der Waals surface area contributed by atoms with Crippen LogP contribution in [0.15, 0.2) is 42.6 Å². The maximum absolute atomic E-state index is 13.1. The normalized spacial score (nSPS) is 20.7. The van der Waals surface area contributed by atoms with Gasteiger partial charge in [-0.2, -0.15) is 0 Å². The number of carboxylic acid groups (broad SMARTS) is 1. The molecule has 1 aliphatic rings. The molecule has 2 atom stereocenters. The average molecular weight is 330 g/mol. The molecule has 0 saturated carbocycles. The van der Waals surface area contributed by atoms with Gasteiger partial charge in [-0.15, -0.1) is 0 Å². The molecule has 24 heavy (non-hydrogen) atoms. The molecule has 5 nitrogen and oxygen atoms in total. The number of nitrogens with zero attached hydrogens (tertiary/aromatic N) is 2. The van der Waals surface area contributed by atoms with Crippen molar-refractivity contribution >= 4 is 11.7 Å². The number of piperidine rings is 1. The minimum atomic E-state index is -0.809. The minimum absolute atomic E-state index is 0.229. The Labute approximate surface area is 139 Å². The van der Waals surface area contributed by atoms with Crippen molar-refractivity contribution < 1.29 is 19.0 Å². The van der Waals surface area contributed by atoms with Gasteiger partial charge in [0.25, 0.3) is 0 Å². The first kappa shape index (κ1) is 16.2. The van der Waals surface area contributed by atoms with Gasteiger partial charge in [-0.3, -0.25) is 9.78 Å². The molecule has 0 unspecified atom stereocenters. The number of anilines is 1. The molecule has 0 spiro atoms. The van der Waals surface area contributed by atoms with E-state index in [1.807, 2.05) is 6.07 Å². The van der Waals surface area contributed by atoms with Crippen LogP contribution in [0.1, 0.15) is 18.0 Å². The van der Waals surface area contributed by atoms with Gasteiger partial charge in [0.15, 0.2) is 0 Å². The molecule has 126 valence electrons. The zero-order valence-corrected chi connectivity index (χ0v) is 13.4. The fourth-order valence-corrected chi connectivity index (χ4v) is 3.17. The van der Waals surface area contributed by atoms with Crippen LogP contribution in [0.4, 0.5) is 10.1 Å². The summed E-state index contributed by atoms with van der Waals surface area (Å²) in [6.45, 7) is 1.15. The first-order valence-electron chi connectivity index (χ1n) is 7.81. The van der Waals surface area contributed by atoms with Gasteiger partial charge in [0.05, 0.1) is 19.2 Å². The summed E-state index contributed by atoms with van der Waals surface area (Å²) in [7, 11) is 1.56. The van der Waals surface area contributed by atoms with Crippen LogP contribution in [0.2, 0.25) is 0 Å². The molecule has 0 bridgehead atoms. The van der Waals surface area contributed by atoms with Crippen molar-refractivity contribution in [2.45, 2.75) is 12.3 Å². The van der Waals surface area contributed by atoms with E-state index in [-0.39, 0.29) is 11.7 Å². The molecular weight excluding hydrogens is 311 g/mol. The summed E-state index contributed by atoms with van der Waals surface area (Å²) in [6, 6.07) is 9.87. The van der Waals surface area contributed by atoms with Crippen LogP contribution in [0, 0.1) is 11.7 Å². The third kappa shape index (κ3) is 3.32. The van der Waals surface area contributed by atoms with Crippen molar-refractivity contribution in [3.63, 3.8) is 0 Å². The lowest BCUT2D eigenvalue weighted by molar-refractivity contribution is -0.143. The monoisotopic (exact) mass is 330 g/mol. The molecule has 0 radical (unpaired) electrons. The lowest BCUT2D eigenvalue weighted by Crippen LogP contribution is -2.42. The molecule has 1 aliphatic heterocycles. The number of ether oxygens (including phenoxy) is 1. The number of aliphatic carboxylic acids is 1. The molecule has 1 saturated heterocycles. The number of carbonyl (C=O) groups is 1. The molecule has 2 aromatic rings. The van der Waals surface area contributed by atoms with Crippen LogP contribution >= 0.6 is 0 Å². The highest BCUT2D eigenvalue weighted by Gasteiger charge is 2.36. The highest BCUT2D eigenvalue weighted by Crippen LogP contribution is 2.34. The van der Waals surface area contributed by atoms with Gasteiger partial charge in [0.1, 0.15) is 11.6 Å². The standard InChI is InChI=1S/C18H19FN2O3/c1-24-14-6-7-17(20-10-14)16-11-21(9-8-15(16)18(22)23)13-4-2-12(19)3-5-13/h2-7,10,15-16H,8-9,11H2,1H3,(H,22,23)/t15-,16-/m1/s1. The number of pyridine rings is 1. The number of benzene rings is 1. The molecule has 1 N–H and O–H groups in total. The molecule has 6 heteroatoms. The van der Waals surface area contributed by atoms with Gasteiger partial charge in [-0.05, 0) is 42.8 Å². The Morgan fingerprint density at radius 2 is 2.04 bits per heavy atom. The summed E-state index contributed by atoms with van der Waals surface area (Å²) in [6.07, 6.45) is 2.12. The van der Waals surface area contributed by atoms with Crippen LogP contribution in [0.5, 0.6) is 5.75 Å². The molecule has 1 fully saturated rings. The first-order valence-corrected chi connectivity index (χ1v) is 7.81. The third-order valence-corrected chi connectivity index (χ3v) is 4.50.